The smallest absolute Gasteiger partial charge is 0.235 e. The van der Waals surface area contributed by atoms with Crippen molar-refractivity contribution in [3.05, 3.63) is 34.9 Å². The van der Waals surface area contributed by atoms with Gasteiger partial charge in [-0.2, -0.15) is 0 Å². The third-order valence-corrected chi connectivity index (χ3v) is 4.90. The van der Waals surface area contributed by atoms with Crippen LogP contribution in [0.4, 0.5) is 0 Å². The van der Waals surface area contributed by atoms with Gasteiger partial charge in [-0.15, -0.1) is 0 Å². The summed E-state index contributed by atoms with van der Waals surface area (Å²) in [5.41, 5.74) is -0.00143. The van der Waals surface area contributed by atoms with Gasteiger partial charge in [-0.3, -0.25) is 9.59 Å². The Bertz CT molecular complexity index is 580. The Balaban J connectivity index is 1.81. The van der Waals surface area contributed by atoms with Gasteiger partial charge < -0.3 is 10.6 Å². The van der Waals surface area contributed by atoms with Crippen LogP contribution in [0.25, 0.3) is 0 Å². The Morgan fingerprint density at radius 2 is 1.88 bits per heavy atom. The zero-order valence-electron chi connectivity index (χ0n) is 14.5. The molecule has 1 fully saturated rings. The molecule has 1 aromatic carbocycles. The molecule has 0 radical (unpaired) electrons. The van der Waals surface area contributed by atoms with Crippen molar-refractivity contribution in [2.24, 2.45) is 5.41 Å². The summed E-state index contributed by atoms with van der Waals surface area (Å²) in [5, 5.41) is 6.59. The third-order valence-electron chi connectivity index (χ3n) is 4.66. The van der Waals surface area contributed by atoms with Crippen molar-refractivity contribution in [3.8, 4) is 0 Å². The molecule has 0 unspecified atom stereocenters. The molecule has 0 atom stereocenters. The van der Waals surface area contributed by atoms with Crippen molar-refractivity contribution < 1.29 is 9.59 Å². The molecule has 5 heteroatoms. The van der Waals surface area contributed by atoms with E-state index in [-0.39, 0.29) is 17.9 Å². The molecule has 1 aliphatic carbocycles. The number of benzene rings is 1. The van der Waals surface area contributed by atoms with Gasteiger partial charge in [0.2, 0.25) is 11.8 Å². The summed E-state index contributed by atoms with van der Waals surface area (Å²) in [6, 6.07) is 7.78. The van der Waals surface area contributed by atoms with Crippen LogP contribution in [0.5, 0.6) is 0 Å². The number of nitrogens with one attached hydrogen (secondary N) is 2. The first-order valence-corrected chi connectivity index (χ1v) is 9.11. The maximum Gasteiger partial charge on any atom is 0.235 e. The molecule has 2 amide bonds. The van der Waals surface area contributed by atoms with Gasteiger partial charge in [0.25, 0.3) is 0 Å². The van der Waals surface area contributed by atoms with Gasteiger partial charge >= 0.3 is 0 Å². The molecule has 132 valence electrons. The minimum Gasteiger partial charge on any atom is -0.355 e. The molecule has 0 heterocycles. The van der Waals surface area contributed by atoms with Crippen LogP contribution in [0.3, 0.4) is 0 Å². The van der Waals surface area contributed by atoms with Crippen molar-refractivity contribution in [1.29, 1.82) is 0 Å². The van der Waals surface area contributed by atoms with E-state index in [0.29, 0.717) is 18.0 Å². The highest BCUT2D eigenvalue weighted by molar-refractivity contribution is 6.30. The van der Waals surface area contributed by atoms with Gasteiger partial charge in [0, 0.05) is 17.6 Å². The molecular formula is C19H27ClN2O2. The molecule has 2 N–H and O–H groups in total. The molecule has 0 aliphatic heterocycles. The Labute approximate surface area is 149 Å². The van der Waals surface area contributed by atoms with Crippen LogP contribution >= 0.6 is 11.6 Å². The number of carbonyl (C=O) groups is 2. The molecule has 4 nitrogen and oxygen atoms in total. The van der Waals surface area contributed by atoms with Crippen LogP contribution < -0.4 is 10.6 Å². The molecule has 2 rings (SSSR count). The van der Waals surface area contributed by atoms with E-state index < -0.39 is 5.41 Å². The fraction of sp³-hybridized carbons (Fsp3) is 0.579. The highest BCUT2D eigenvalue weighted by Gasteiger charge is 2.36. The first-order valence-electron chi connectivity index (χ1n) is 8.73. The summed E-state index contributed by atoms with van der Waals surface area (Å²) in [7, 11) is 0. The molecule has 0 aromatic heterocycles. The lowest BCUT2D eigenvalue weighted by Gasteiger charge is -2.28. The lowest BCUT2D eigenvalue weighted by atomic mass is 9.89. The Kier molecular flexibility index (Phi) is 6.67. The zero-order valence-corrected chi connectivity index (χ0v) is 15.3. The van der Waals surface area contributed by atoms with E-state index in [2.05, 4.69) is 10.6 Å². The van der Waals surface area contributed by atoms with E-state index in [9.17, 15) is 9.59 Å². The van der Waals surface area contributed by atoms with E-state index in [1.54, 1.807) is 13.8 Å². The summed E-state index contributed by atoms with van der Waals surface area (Å²) in [5.74, 6) is -0.424. The fourth-order valence-electron chi connectivity index (χ4n) is 2.95. The molecule has 24 heavy (non-hydrogen) atoms. The zero-order chi connectivity index (χ0) is 17.6. The van der Waals surface area contributed by atoms with Crippen LogP contribution in [-0.4, -0.2) is 24.4 Å². The van der Waals surface area contributed by atoms with E-state index in [1.807, 2.05) is 24.3 Å². The molecule has 1 aliphatic rings. The van der Waals surface area contributed by atoms with Crippen LogP contribution in [0.1, 0.15) is 51.5 Å². The van der Waals surface area contributed by atoms with Crippen molar-refractivity contribution >= 4 is 23.4 Å². The summed E-state index contributed by atoms with van der Waals surface area (Å²) >= 11 is 5.95. The minimum absolute atomic E-state index is 0.186. The molecule has 1 saturated carbocycles. The van der Waals surface area contributed by atoms with E-state index in [1.165, 1.54) is 6.42 Å². The van der Waals surface area contributed by atoms with Crippen LogP contribution in [0.15, 0.2) is 24.3 Å². The highest BCUT2D eigenvalue weighted by Crippen LogP contribution is 2.21. The van der Waals surface area contributed by atoms with Gasteiger partial charge in [0.1, 0.15) is 5.41 Å². The summed E-state index contributed by atoms with van der Waals surface area (Å²) in [6.07, 6.45) is 6.25. The summed E-state index contributed by atoms with van der Waals surface area (Å²) < 4.78 is 0. The van der Waals surface area contributed by atoms with E-state index in [0.717, 1.165) is 31.2 Å². The van der Waals surface area contributed by atoms with Crippen molar-refractivity contribution in [3.63, 3.8) is 0 Å². The normalized spacial score (nSPS) is 15.8. The monoisotopic (exact) mass is 350 g/mol. The van der Waals surface area contributed by atoms with Gasteiger partial charge in [0.15, 0.2) is 0 Å². The highest BCUT2D eigenvalue weighted by atomic mass is 35.5. The standard InChI is InChI=1S/C19H27ClN2O2/c1-19(2,18(24)22-16-9-4-3-5-10-16)17(23)21-12-11-14-7-6-8-15(20)13-14/h6-8,13,16H,3-5,9-12H2,1-2H3,(H,21,23)(H,22,24). The summed E-state index contributed by atoms with van der Waals surface area (Å²) in [6.45, 7) is 3.85. The van der Waals surface area contributed by atoms with Gasteiger partial charge in [-0.05, 0) is 50.8 Å². The number of carbonyl (C=O) groups excluding carboxylic acids is 2. The number of amides is 2. The number of hydrogen-bond donors (Lipinski definition) is 2. The second-order valence-electron chi connectivity index (χ2n) is 7.07. The molecule has 0 bridgehead atoms. The first-order chi connectivity index (χ1) is 11.4. The first kappa shape index (κ1) is 18.8. The Morgan fingerprint density at radius 3 is 2.54 bits per heavy atom. The van der Waals surface area contributed by atoms with Crippen molar-refractivity contribution in [2.75, 3.05) is 6.54 Å². The SMILES string of the molecule is CC(C)(C(=O)NCCc1cccc(Cl)c1)C(=O)NC1CCCCC1. The minimum atomic E-state index is -1.06. The van der Waals surface area contributed by atoms with Gasteiger partial charge in [-0.25, -0.2) is 0 Å². The predicted molar refractivity (Wildman–Crippen MR) is 97.0 cm³/mol. The fourth-order valence-corrected chi connectivity index (χ4v) is 3.16. The molecule has 0 saturated heterocycles. The summed E-state index contributed by atoms with van der Waals surface area (Å²) in [4.78, 5) is 24.9. The van der Waals surface area contributed by atoms with Gasteiger partial charge in [-0.1, -0.05) is 43.0 Å². The number of halogens is 1. The van der Waals surface area contributed by atoms with E-state index >= 15 is 0 Å². The number of rotatable bonds is 6. The Morgan fingerprint density at radius 1 is 1.17 bits per heavy atom. The largest absolute Gasteiger partial charge is 0.355 e. The lowest BCUT2D eigenvalue weighted by molar-refractivity contribution is -0.141. The lowest BCUT2D eigenvalue weighted by Crippen LogP contribution is -2.51. The second-order valence-corrected chi connectivity index (χ2v) is 7.51. The van der Waals surface area contributed by atoms with Crippen LogP contribution in [0, 0.1) is 5.41 Å². The molecular weight excluding hydrogens is 324 g/mol. The van der Waals surface area contributed by atoms with Crippen LogP contribution in [-0.2, 0) is 16.0 Å². The van der Waals surface area contributed by atoms with Crippen LogP contribution in [0.2, 0.25) is 5.02 Å². The average molecular weight is 351 g/mol. The third kappa shape index (κ3) is 5.23. The maximum atomic E-state index is 12.5. The van der Waals surface area contributed by atoms with Gasteiger partial charge in [0.05, 0.1) is 0 Å². The predicted octanol–water partition coefficient (Wildman–Crippen LogP) is 3.47. The number of hydrogen-bond acceptors (Lipinski definition) is 2. The topological polar surface area (TPSA) is 58.2 Å². The molecule has 1 aromatic rings. The van der Waals surface area contributed by atoms with E-state index in [4.69, 9.17) is 11.6 Å². The Hall–Kier alpha value is -1.55. The molecule has 0 spiro atoms. The maximum absolute atomic E-state index is 12.5. The van der Waals surface area contributed by atoms with Crippen molar-refractivity contribution in [2.45, 2.75) is 58.4 Å². The quantitative estimate of drug-likeness (QED) is 0.772. The van der Waals surface area contributed by atoms with Crippen molar-refractivity contribution in [1.82, 2.24) is 10.6 Å². The second kappa shape index (κ2) is 8.52. The average Bonchev–Trinajstić information content (AvgIpc) is 2.55.